The van der Waals surface area contributed by atoms with Crippen molar-refractivity contribution >= 4 is 0 Å². The third-order valence-corrected chi connectivity index (χ3v) is 4.62. The summed E-state index contributed by atoms with van der Waals surface area (Å²) in [5, 5.41) is 24.0. The molecule has 0 amide bonds. The first-order valence-corrected chi connectivity index (χ1v) is 8.13. The number of ether oxygens (including phenoxy) is 1. The molecule has 120 valence electrons. The lowest BCUT2D eigenvalue weighted by Gasteiger charge is -2.39. The summed E-state index contributed by atoms with van der Waals surface area (Å²) in [6.45, 7) is 2.57. The molecule has 1 aliphatic heterocycles. The molecule has 2 N–H and O–H groups in total. The first kappa shape index (κ1) is 17.0. The maximum absolute atomic E-state index is 11.4. The Morgan fingerprint density at radius 2 is 2.32 bits per heavy atom. The lowest BCUT2D eigenvalue weighted by Crippen LogP contribution is -2.44. The van der Waals surface area contributed by atoms with E-state index in [2.05, 4.69) is 11.4 Å². The number of piperidine rings is 1. The maximum Gasteiger partial charge on any atom is 0.0991 e. The molecule has 0 unspecified atom stereocenters. The summed E-state index contributed by atoms with van der Waals surface area (Å²) in [4.78, 5) is 0. The van der Waals surface area contributed by atoms with Crippen molar-refractivity contribution in [3.8, 4) is 6.07 Å². The fraction of sp³-hybridized carbons (Fsp3) is 0.611. The largest absolute Gasteiger partial charge is 0.385 e. The molecule has 1 fully saturated rings. The highest BCUT2D eigenvalue weighted by atomic mass is 16.5. The van der Waals surface area contributed by atoms with Crippen molar-refractivity contribution < 1.29 is 9.84 Å². The van der Waals surface area contributed by atoms with Gasteiger partial charge < -0.3 is 15.2 Å². The highest BCUT2D eigenvalue weighted by Crippen LogP contribution is 2.38. The van der Waals surface area contributed by atoms with Crippen LogP contribution >= 0.6 is 0 Å². The summed E-state index contributed by atoms with van der Waals surface area (Å²) in [6.07, 6.45) is 4.67. The van der Waals surface area contributed by atoms with Crippen LogP contribution in [0.5, 0.6) is 0 Å². The summed E-state index contributed by atoms with van der Waals surface area (Å²) in [7, 11) is 1.70. The third-order valence-electron chi connectivity index (χ3n) is 4.62. The number of nitriles is 1. The van der Waals surface area contributed by atoms with Crippen LogP contribution in [0.1, 0.15) is 43.2 Å². The molecular weight excluding hydrogens is 276 g/mol. The van der Waals surface area contributed by atoms with Gasteiger partial charge in [-0.15, -0.1) is 0 Å². The standard InChI is InChI=1S/C18H26N2O2/c1-22-11-3-2-9-18(21,17-8-5-10-20-14-17)16-7-4-6-15(12-16)13-19/h4,6-7,12,17,20-21H,2-3,5,8-11,14H2,1H3/t17-,18+/m1/s1. The summed E-state index contributed by atoms with van der Waals surface area (Å²) in [5.41, 5.74) is 0.614. The van der Waals surface area contributed by atoms with Crippen LogP contribution in [0.2, 0.25) is 0 Å². The molecule has 0 spiro atoms. The van der Waals surface area contributed by atoms with Crippen molar-refractivity contribution in [3.63, 3.8) is 0 Å². The molecule has 0 radical (unpaired) electrons. The zero-order chi connectivity index (χ0) is 15.8. The van der Waals surface area contributed by atoms with Crippen molar-refractivity contribution in [3.05, 3.63) is 35.4 Å². The second kappa shape index (κ2) is 8.28. The van der Waals surface area contributed by atoms with E-state index in [0.717, 1.165) is 50.9 Å². The summed E-state index contributed by atoms with van der Waals surface area (Å²) in [6, 6.07) is 9.61. The molecule has 0 aliphatic carbocycles. The number of nitrogens with one attached hydrogen (secondary N) is 1. The molecule has 2 atom stereocenters. The molecule has 0 bridgehead atoms. The fourth-order valence-electron chi connectivity index (χ4n) is 3.34. The van der Waals surface area contributed by atoms with Crippen LogP contribution in [-0.4, -0.2) is 31.9 Å². The van der Waals surface area contributed by atoms with Crippen molar-refractivity contribution in [1.29, 1.82) is 5.26 Å². The predicted octanol–water partition coefficient (Wildman–Crippen LogP) is 2.56. The van der Waals surface area contributed by atoms with Gasteiger partial charge in [0, 0.05) is 26.2 Å². The van der Waals surface area contributed by atoms with Crippen molar-refractivity contribution in [2.45, 2.75) is 37.7 Å². The normalized spacial score (nSPS) is 21.0. The average molecular weight is 302 g/mol. The van der Waals surface area contributed by atoms with Crippen molar-refractivity contribution in [2.75, 3.05) is 26.8 Å². The molecule has 1 saturated heterocycles. The maximum atomic E-state index is 11.4. The number of methoxy groups -OCH3 is 1. The molecular formula is C18H26N2O2. The van der Waals surface area contributed by atoms with Crippen LogP contribution in [0.4, 0.5) is 0 Å². The number of aliphatic hydroxyl groups is 1. The van der Waals surface area contributed by atoms with E-state index in [-0.39, 0.29) is 5.92 Å². The Morgan fingerprint density at radius 3 is 3.00 bits per heavy atom. The molecule has 1 aromatic carbocycles. The average Bonchev–Trinajstić information content (AvgIpc) is 2.59. The Bertz CT molecular complexity index is 506. The van der Waals surface area contributed by atoms with Gasteiger partial charge >= 0.3 is 0 Å². The number of unbranched alkanes of at least 4 members (excludes halogenated alkanes) is 1. The third kappa shape index (κ3) is 4.07. The molecule has 2 rings (SSSR count). The second-order valence-electron chi connectivity index (χ2n) is 6.11. The van der Waals surface area contributed by atoms with E-state index in [0.29, 0.717) is 12.0 Å². The van der Waals surface area contributed by atoms with E-state index >= 15 is 0 Å². The van der Waals surface area contributed by atoms with Crippen LogP contribution in [0.25, 0.3) is 0 Å². The highest BCUT2D eigenvalue weighted by molar-refractivity contribution is 5.36. The minimum Gasteiger partial charge on any atom is -0.385 e. The van der Waals surface area contributed by atoms with Gasteiger partial charge in [0.25, 0.3) is 0 Å². The summed E-state index contributed by atoms with van der Waals surface area (Å²) in [5.74, 6) is 0.192. The number of nitrogens with zero attached hydrogens (tertiary/aromatic N) is 1. The minimum atomic E-state index is -0.867. The van der Waals surface area contributed by atoms with E-state index < -0.39 is 5.60 Å². The van der Waals surface area contributed by atoms with Crippen LogP contribution in [-0.2, 0) is 10.3 Å². The smallest absolute Gasteiger partial charge is 0.0991 e. The van der Waals surface area contributed by atoms with Gasteiger partial charge in [0.15, 0.2) is 0 Å². The Morgan fingerprint density at radius 1 is 1.45 bits per heavy atom. The van der Waals surface area contributed by atoms with E-state index in [1.807, 2.05) is 18.2 Å². The molecule has 1 aliphatic rings. The lowest BCUT2D eigenvalue weighted by atomic mass is 9.74. The van der Waals surface area contributed by atoms with Gasteiger partial charge in [-0.1, -0.05) is 12.1 Å². The monoisotopic (exact) mass is 302 g/mol. The lowest BCUT2D eigenvalue weighted by molar-refractivity contribution is -0.0434. The second-order valence-corrected chi connectivity index (χ2v) is 6.11. The van der Waals surface area contributed by atoms with Crippen molar-refractivity contribution in [2.24, 2.45) is 5.92 Å². The van der Waals surface area contributed by atoms with E-state index in [4.69, 9.17) is 10.00 Å². The highest BCUT2D eigenvalue weighted by Gasteiger charge is 2.38. The van der Waals surface area contributed by atoms with Crippen LogP contribution < -0.4 is 5.32 Å². The van der Waals surface area contributed by atoms with Crippen LogP contribution in [0, 0.1) is 17.2 Å². The molecule has 4 nitrogen and oxygen atoms in total. The molecule has 1 heterocycles. The SMILES string of the molecule is COCCCC[C@](O)(c1cccc(C#N)c1)[C@@H]1CCCNC1. The summed E-state index contributed by atoms with van der Waals surface area (Å²) >= 11 is 0. The Kier molecular flexibility index (Phi) is 6.38. The van der Waals surface area contributed by atoms with Crippen molar-refractivity contribution in [1.82, 2.24) is 5.32 Å². The number of rotatable bonds is 7. The van der Waals surface area contributed by atoms with Gasteiger partial charge in [-0.05, 0) is 56.3 Å². The molecule has 22 heavy (non-hydrogen) atoms. The topological polar surface area (TPSA) is 65.3 Å². The van der Waals surface area contributed by atoms with Crippen LogP contribution in [0.3, 0.4) is 0 Å². The zero-order valence-electron chi connectivity index (χ0n) is 13.3. The van der Waals surface area contributed by atoms with Crippen LogP contribution in [0.15, 0.2) is 24.3 Å². The minimum absolute atomic E-state index is 0.192. The van der Waals surface area contributed by atoms with Gasteiger partial charge in [-0.25, -0.2) is 0 Å². The Hall–Kier alpha value is -1.41. The van der Waals surface area contributed by atoms with E-state index in [1.54, 1.807) is 13.2 Å². The number of hydrogen-bond acceptors (Lipinski definition) is 4. The number of hydrogen-bond donors (Lipinski definition) is 2. The van der Waals surface area contributed by atoms with E-state index in [9.17, 15) is 5.11 Å². The first-order valence-electron chi connectivity index (χ1n) is 8.13. The van der Waals surface area contributed by atoms with Gasteiger partial charge in [-0.3, -0.25) is 0 Å². The van der Waals surface area contributed by atoms with E-state index in [1.165, 1.54) is 0 Å². The molecule has 4 heteroatoms. The first-order chi connectivity index (χ1) is 10.7. The Balaban J connectivity index is 2.20. The fourth-order valence-corrected chi connectivity index (χ4v) is 3.34. The molecule has 0 aromatic heterocycles. The van der Waals surface area contributed by atoms with Gasteiger partial charge in [-0.2, -0.15) is 5.26 Å². The Labute approximate surface area is 133 Å². The zero-order valence-corrected chi connectivity index (χ0v) is 13.3. The predicted molar refractivity (Wildman–Crippen MR) is 86.4 cm³/mol. The quantitative estimate of drug-likeness (QED) is 0.760. The van der Waals surface area contributed by atoms with Gasteiger partial charge in [0.1, 0.15) is 0 Å². The van der Waals surface area contributed by atoms with Gasteiger partial charge in [0.2, 0.25) is 0 Å². The molecule has 1 aromatic rings. The van der Waals surface area contributed by atoms with Gasteiger partial charge in [0.05, 0.1) is 17.2 Å². The summed E-state index contributed by atoms with van der Waals surface area (Å²) < 4.78 is 5.11. The molecule has 0 saturated carbocycles. The number of benzene rings is 1.